The van der Waals surface area contributed by atoms with Crippen molar-refractivity contribution in [2.24, 2.45) is 7.05 Å². The Labute approximate surface area is 154 Å². The van der Waals surface area contributed by atoms with Gasteiger partial charge in [-0.3, -0.25) is 19.7 Å². The molecule has 1 amide bonds. The van der Waals surface area contributed by atoms with Crippen LogP contribution in [0.3, 0.4) is 0 Å². The molecule has 27 heavy (non-hydrogen) atoms. The SMILES string of the molecule is C[C@H](c1cccc([N+](=O)[O-])c1)N(C)C(=O)c1nn(C)c(=O)c2ccccc12. The van der Waals surface area contributed by atoms with E-state index in [1.54, 1.807) is 50.4 Å². The molecule has 0 saturated heterocycles. The fourth-order valence-electron chi connectivity index (χ4n) is 2.92. The minimum absolute atomic E-state index is 0.0362. The molecule has 1 heterocycles. The van der Waals surface area contributed by atoms with Gasteiger partial charge in [-0.05, 0) is 18.6 Å². The van der Waals surface area contributed by atoms with E-state index in [-0.39, 0.29) is 22.8 Å². The van der Waals surface area contributed by atoms with E-state index in [2.05, 4.69) is 5.10 Å². The van der Waals surface area contributed by atoms with E-state index in [1.165, 1.54) is 24.1 Å². The molecule has 0 spiro atoms. The number of fused-ring (bicyclic) bond motifs is 1. The number of rotatable bonds is 4. The van der Waals surface area contributed by atoms with Crippen molar-refractivity contribution >= 4 is 22.4 Å². The first-order valence-corrected chi connectivity index (χ1v) is 8.29. The van der Waals surface area contributed by atoms with Gasteiger partial charge in [0.05, 0.1) is 16.4 Å². The molecule has 0 aliphatic carbocycles. The molecule has 0 saturated carbocycles. The number of nitrogens with zero attached hydrogens (tertiary/aromatic N) is 4. The predicted octanol–water partition coefficient (Wildman–Crippen LogP) is 2.67. The van der Waals surface area contributed by atoms with Crippen LogP contribution in [0.5, 0.6) is 0 Å². The maximum Gasteiger partial charge on any atom is 0.275 e. The number of hydrogen-bond acceptors (Lipinski definition) is 5. The zero-order chi connectivity index (χ0) is 19.7. The number of aromatic nitrogens is 2. The average molecular weight is 366 g/mol. The van der Waals surface area contributed by atoms with E-state index >= 15 is 0 Å². The number of non-ortho nitro benzene ring substituents is 1. The highest BCUT2D eigenvalue weighted by atomic mass is 16.6. The highest BCUT2D eigenvalue weighted by molar-refractivity contribution is 6.04. The summed E-state index contributed by atoms with van der Waals surface area (Å²) in [6, 6.07) is 12.5. The average Bonchev–Trinajstić information content (AvgIpc) is 2.69. The minimum atomic E-state index is -0.472. The van der Waals surface area contributed by atoms with Gasteiger partial charge in [-0.1, -0.05) is 30.3 Å². The van der Waals surface area contributed by atoms with Gasteiger partial charge in [0.15, 0.2) is 5.69 Å². The third-order valence-electron chi connectivity index (χ3n) is 4.62. The Morgan fingerprint density at radius 3 is 2.52 bits per heavy atom. The number of benzene rings is 2. The van der Waals surface area contributed by atoms with Gasteiger partial charge >= 0.3 is 0 Å². The van der Waals surface area contributed by atoms with Gasteiger partial charge in [0.25, 0.3) is 17.2 Å². The fourth-order valence-corrected chi connectivity index (χ4v) is 2.92. The van der Waals surface area contributed by atoms with Crippen LogP contribution < -0.4 is 5.56 Å². The van der Waals surface area contributed by atoms with Crippen LogP contribution in [0.2, 0.25) is 0 Å². The number of carbonyl (C=O) groups is 1. The number of nitro benzene ring substituents is 1. The summed E-state index contributed by atoms with van der Waals surface area (Å²) in [6.07, 6.45) is 0. The summed E-state index contributed by atoms with van der Waals surface area (Å²) in [7, 11) is 3.10. The molecule has 0 radical (unpaired) electrons. The highest BCUT2D eigenvalue weighted by Gasteiger charge is 2.24. The minimum Gasteiger partial charge on any atom is -0.334 e. The van der Waals surface area contributed by atoms with Crippen LogP contribution >= 0.6 is 0 Å². The molecule has 2 aromatic carbocycles. The fraction of sp³-hybridized carbons (Fsp3) is 0.211. The van der Waals surface area contributed by atoms with Gasteiger partial charge in [-0.25, -0.2) is 4.68 Å². The smallest absolute Gasteiger partial charge is 0.275 e. The quantitative estimate of drug-likeness (QED) is 0.522. The van der Waals surface area contributed by atoms with Gasteiger partial charge in [0, 0.05) is 31.6 Å². The number of hydrogen-bond donors (Lipinski definition) is 0. The summed E-state index contributed by atoms with van der Waals surface area (Å²) in [6.45, 7) is 1.78. The lowest BCUT2D eigenvalue weighted by Gasteiger charge is -2.25. The monoisotopic (exact) mass is 366 g/mol. The maximum atomic E-state index is 13.1. The second-order valence-electron chi connectivity index (χ2n) is 6.27. The number of nitro groups is 1. The maximum absolute atomic E-state index is 13.1. The van der Waals surface area contributed by atoms with Crippen molar-refractivity contribution in [1.82, 2.24) is 14.7 Å². The molecule has 0 fully saturated rings. The lowest BCUT2D eigenvalue weighted by atomic mass is 10.1. The van der Waals surface area contributed by atoms with Crippen molar-refractivity contribution in [3.05, 3.63) is 80.3 Å². The van der Waals surface area contributed by atoms with Crippen molar-refractivity contribution in [3.8, 4) is 0 Å². The number of amides is 1. The first-order valence-electron chi connectivity index (χ1n) is 8.29. The summed E-state index contributed by atoms with van der Waals surface area (Å²) >= 11 is 0. The lowest BCUT2D eigenvalue weighted by Crippen LogP contribution is -2.33. The topological polar surface area (TPSA) is 98.3 Å². The summed E-state index contributed by atoms with van der Waals surface area (Å²) in [5.41, 5.74) is 0.476. The van der Waals surface area contributed by atoms with Gasteiger partial charge in [0.1, 0.15) is 0 Å². The van der Waals surface area contributed by atoms with E-state index in [0.29, 0.717) is 16.3 Å². The van der Waals surface area contributed by atoms with E-state index in [1.807, 2.05) is 0 Å². The third kappa shape index (κ3) is 3.29. The van der Waals surface area contributed by atoms with Gasteiger partial charge in [-0.15, -0.1) is 0 Å². The summed E-state index contributed by atoms with van der Waals surface area (Å²) in [5.74, 6) is -0.374. The van der Waals surface area contributed by atoms with Crippen molar-refractivity contribution in [2.75, 3.05) is 7.05 Å². The van der Waals surface area contributed by atoms with Gasteiger partial charge < -0.3 is 4.90 Å². The van der Waals surface area contributed by atoms with Crippen molar-refractivity contribution in [3.63, 3.8) is 0 Å². The van der Waals surface area contributed by atoms with Gasteiger partial charge in [0.2, 0.25) is 0 Å². The predicted molar refractivity (Wildman–Crippen MR) is 101 cm³/mol. The first kappa shape index (κ1) is 18.2. The number of carbonyl (C=O) groups excluding carboxylic acids is 1. The Bertz CT molecular complexity index is 1110. The van der Waals surface area contributed by atoms with Crippen LogP contribution in [-0.2, 0) is 7.05 Å². The molecule has 1 atom stereocenters. The number of aryl methyl sites for hydroxylation is 1. The molecule has 138 valence electrons. The molecule has 3 rings (SSSR count). The van der Waals surface area contributed by atoms with E-state index in [0.717, 1.165) is 4.68 Å². The molecule has 0 N–H and O–H groups in total. The molecule has 0 unspecified atom stereocenters. The molecular weight excluding hydrogens is 348 g/mol. The lowest BCUT2D eigenvalue weighted by molar-refractivity contribution is -0.384. The van der Waals surface area contributed by atoms with Crippen LogP contribution in [0, 0.1) is 10.1 Å². The normalized spacial score (nSPS) is 12.0. The molecule has 8 nitrogen and oxygen atoms in total. The molecule has 0 aliphatic rings. The largest absolute Gasteiger partial charge is 0.334 e. The Kier molecular flexibility index (Phi) is 4.72. The molecule has 0 bridgehead atoms. The van der Waals surface area contributed by atoms with Crippen LogP contribution in [0.15, 0.2) is 53.3 Å². The Morgan fingerprint density at radius 2 is 1.85 bits per heavy atom. The van der Waals surface area contributed by atoms with Crippen molar-refractivity contribution in [1.29, 1.82) is 0 Å². The molecular formula is C19H18N4O4. The zero-order valence-corrected chi connectivity index (χ0v) is 15.1. The Hall–Kier alpha value is -3.55. The van der Waals surface area contributed by atoms with E-state index in [9.17, 15) is 19.7 Å². The third-order valence-corrected chi connectivity index (χ3v) is 4.62. The van der Waals surface area contributed by atoms with Gasteiger partial charge in [-0.2, -0.15) is 5.10 Å². The molecule has 3 aromatic rings. The summed E-state index contributed by atoms with van der Waals surface area (Å²) in [5, 5.41) is 16.0. The highest BCUT2D eigenvalue weighted by Crippen LogP contribution is 2.25. The summed E-state index contributed by atoms with van der Waals surface area (Å²) < 4.78 is 1.14. The zero-order valence-electron chi connectivity index (χ0n) is 15.1. The Morgan fingerprint density at radius 1 is 1.19 bits per heavy atom. The molecule has 1 aromatic heterocycles. The summed E-state index contributed by atoms with van der Waals surface area (Å²) in [4.78, 5) is 37.3. The van der Waals surface area contributed by atoms with Crippen LogP contribution in [-0.4, -0.2) is 32.6 Å². The molecule has 8 heteroatoms. The van der Waals surface area contributed by atoms with Crippen LogP contribution in [0.25, 0.3) is 10.8 Å². The second kappa shape index (κ2) is 6.99. The first-order chi connectivity index (χ1) is 12.8. The van der Waals surface area contributed by atoms with Crippen molar-refractivity contribution in [2.45, 2.75) is 13.0 Å². The van der Waals surface area contributed by atoms with Crippen LogP contribution in [0.1, 0.15) is 29.0 Å². The standard InChI is InChI=1S/C19H18N4O4/c1-12(13-7-6-8-14(11-13)23(26)27)21(2)19(25)17-15-9-4-5-10-16(15)18(24)22(3)20-17/h4-12H,1-3H3/t12-/m1/s1. The van der Waals surface area contributed by atoms with E-state index < -0.39 is 11.0 Å². The second-order valence-corrected chi connectivity index (χ2v) is 6.27. The van der Waals surface area contributed by atoms with Crippen LogP contribution in [0.4, 0.5) is 5.69 Å². The van der Waals surface area contributed by atoms with Crippen molar-refractivity contribution < 1.29 is 9.72 Å². The molecule has 0 aliphatic heterocycles. The van der Waals surface area contributed by atoms with E-state index in [4.69, 9.17) is 0 Å². The Balaban J connectivity index is 2.02.